The van der Waals surface area contributed by atoms with Gasteiger partial charge in [0, 0.05) is 32.4 Å². The number of aromatic nitrogens is 1. The van der Waals surface area contributed by atoms with Crippen LogP contribution < -0.4 is 16.0 Å². The number of alkyl halides is 6. The third-order valence-electron chi connectivity index (χ3n) is 6.67. The van der Waals surface area contributed by atoms with Crippen molar-refractivity contribution in [3.8, 4) is 11.3 Å². The molecule has 2 aliphatic rings. The summed E-state index contributed by atoms with van der Waals surface area (Å²) >= 11 is 1.38. The minimum atomic E-state index is -5.08. The molecule has 0 amide bonds. The van der Waals surface area contributed by atoms with Crippen molar-refractivity contribution in [3.63, 3.8) is 0 Å². The van der Waals surface area contributed by atoms with Crippen LogP contribution in [0.25, 0.3) is 22.2 Å². The number of piperidine rings is 1. The summed E-state index contributed by atoms with van der Waals surface area (Å²) in [6.07, 6.45) is -7.74. The van der Waals surface area contributed by atoms with Gasteiger partial charge in [-0.3, -0.25) is 0 Å². The molecular formula is C28H24F6N4O2S. The third kappa shape index (κ3) is 6.57. The van der Waals surface area contributed by atoms with Crippen molar-refractivity contribution >= 4 is 45.7 Å². The number of carboxylic acids is 1. The number of para-hydroxylation sites is 1. The molecule has 5 N–H and O–H groups in total. The number of fused-ring (bicyclic) bond motifs is 3. The maximum Gasteiger partial charge on any atom is 0.490 e. The highest BCUT2D eigenvalue weighted by Crippen LogP contribution is 2.50. The van der Waals surface area contributed by atoms with Gasteiger partial charge in [0.15, 0.2) is 0 Å². The molecule has 3 heterocycles. The Labute approximate surface area is 234 Å². The lowest BCUT2D eigenvalue weighted by molar-refractivity contribution is -0.192. The van der Waals surface area contributed by atoms with Crippen LogP contribution in [0.4, 0.5) is 43.4 Å². The molecule has 3 aromatic carbocycles. The van der Waals surface area contributed by atoms with Crippen molar-refractivity contribution in [2.45, 2.75) is 41.0 Å². The topological polar surface area (TPSA) is 89.2 Å². The normalized spacial score (nSPS) is 15.3. The van der Waals surface area contributed by atoms with E-state index < -0.39 is 23.9 Å². The van der Waals surface area contributed by atoms with E-state index in [0.717, 1.165) is 58.7 Å². The molecular weight excluding hydrogens is 570 g/mol. The van der Waals surface area contributed by atoms with Crippen molar-refractivity contribution in [2.75, 3.05) is 23.7 Å². The number of hydrogen-bond donors (Lipinski definition) is 5. The molecule has 1 fully saturated rings. The number of anilines is 3. The molecule has 0 atom stereocenters. The van der Waals surface area contributed by atoms with Gasteiger partial charge in [-0.1, -0.05) is 36.0 Å². The second kappa shape index (κ2) is 11.2. The van der Waals surface area contributed by atoms with E-state index in [4.69, 9.17) is 9.90 Å². The summed E-state index contributed by atoms with van der Waals surface area (Å²) in [5, 5.41) is 18.3. The molecule has 0 saturated carbocycles. The van der Waals surface area contributed by atoms with E-state index in [-0.39, 0.29) is 6.04 Å². The second-order valence-electron chi connectivity index (χ2n) is 9.57. The van der Waals surface area contributed by atoms with E-state index in [1.165, 1.54) is 23.9 Å². The molecule has 13 heteroatoms. The van der Waals surface area contributed by atoms with E-state index in [9.17, 15) is 26.3 Å². The number of aromatic amines is 1. The number of nitrogens with one attached hydrogen (secondary N) is 4. The lowest BCUT2D eigenvalue weighted by atomic mass is 10.0. The first kappa shape index (κ1) is 28.7. The third-order valence-corrected chi connectivity index (χ3v) is 7.77. The maximum absolute atomic E-state index is 13.7. The lowest BCUT2D eigenvalue weighted by Crippen LogP contribution is -2.35. The Bertz CT molecular complexity index is 1550. The Kier molecular flexibility index (Phi) is 7.84. The van der Waals surface area contributed by atoms with E-state index in [1.54, 1.807) is 0 Å². The number of benzene rings is 3. The van der Waals surface area contributed by atoms with Crippen LogP contribution in [0.1, 0.15) is 18.4 Å². The fourth-order valence-electron chi connectivity index (χ4n) is 4.65. The van der Waals surface area contributed by atoms with Crippen molar-refractivity contribution in [2.24, 2.45) is 0 Å². The molecule has 6 nitrogen and oxygen atoms in total. The first-order valence-electron chi connectivity index (χ1n) is 12.6. The molecule has 41 heavy (non-hydrogen) atoms. The lowest BCUT2D eigenvalue weighted by Gasteiger charge is -2.29. The monoisotopic (exact) mass is 594 g/mol. The van der Waals surface area contributed by atoms with E-state index in [2.05, 4.69) is 33.1 Å². The van der Waals surface area contributed by atoms with Gasteiger partial charge in [0.25, 0.3) is 0 Å². The van der Waals surface area contributed by atoms with Gasteiger partial charge >= 0.3 is 18.3 Å². The molecule has 2 aliphatic heterocycles. The average molecular weight is 595 g/mol. The second-order valence-corrected chi connectivity index (χ2v) is 10.7. The fourth-order valence-corrected chi connectivity index (χ4v) is 5.75. The Balaban J connectivity index is 0.000000431. The van der Waals surface area contributed by atoms with Crippen LogP contribution >= 0.6 is 11.8 Å². The molecule has 6 rings (SSSR count). The van der Waals surface area contributed by atoms with E-state index >= 15 is 0 Å². The molecule has 0 unspecified atom stereocenters. The number of carbonyl (C=O) groups is 1. The molecule has 1 saturated heterocycles. The van der Waals surface area contributed by atoms with Gasteiger partial charge in [-0.05, 0) is 67.9 Å². The Morgan fingerprint density at radius 3 is 2.29 bits per heavy atom. The van der Waals surface area contributed by atoms with E-state index in [1.807, 2.05) is 36.4 Å². The summed E-state index contributed by atoms with van der Waals surface area (Å²) in [6.45, 7) is 1.72. The summed E-state index contributed by atoms with van der Waals surface area (Å²) < 4.78 is 72.9. The first-order chi connectivity index (χ1) is 19.4. The molecule has 216 valence electrons. The largest absolute Gasteiger partial charge is 0.490 e. The highest BCUT2D eigenvalue weighted by atomic mass is 32.2. The number of aliphatic carboxylic acids is 1. The molecule has 0 radical (unpaired) electrons. The van der Waals surface area contributed by atoms with Crippen LogP contribution in [0.3, 0.4) is 0 Å². The Morgan fingerprint density at radius 1 is 0.927 bits per heavy atom. The summed E-state index contributed by atoms with van der Waals surface area (Å²) in [5.74, 6) is -2.76. The fraction of sp³-hybridized carbons (Fsp3) is 0.250. The van der Waals surface area contributed by atoms with E-state index in [0.29, 0.717) is 16.3 Å². The van der Waals surface area contributed by atoms with Crippen LogP contribution in [-0.2, 0) is 11.0 Å². The molecule has 0 spiro atoms. The van der Waals surface area contributed by atoms with Crippen LogP contribution in [0.5, 0.6) is 0 Å². The Hall–Kier alpha value is -3.84. The summed E-state index contributed by atoms with van der Waals surface area (Å²) in [6, 6.07) is 18.8. The number of rotatable bonds is 3. The highest BCUT2D eigenvalue weighted by molar-refractivity contribution is 7.99. The average Bonchev–Trinajstić information content (AvgIpc) is 3.36. The zero-order chi connectivity index (χ0) is 29.4. The molecule has 0 aliphatic carbocycles. The molecule has 4 aromatic rings. The Morgan fingerprint density at radius 2 is 1.63 bits per heavy atom. The number of H-pyrrole nitrogens is 1. The summed E-state index contributed by atoms with van der Waals surface area (Å²) in [7, 11) is 0. The SMILES string of the molecule is FC(F)(F)c1cc(NC2CCNCC2)c2c(c1)Sc1cc(-c3cc4ccccc4[nH]3)ccc1N2.O=C(O)C(F)(F)F. The minimum absolute atomic E-state index is 0.145. The summed E-state index contributed by atoms with van der Waals surface area (Å²) in [5.41, 5.74) is 4.50. The maximum atomic E-state index is 13.7. The zero-order valence-electron chi connectivity index (χ0n) is 21.2. The van der Waals surface area contributed by atoms with Crippen molar-refractivity contribution in [1.82, 2.24) is 10.3 Å². The highest BCUT2D eigenvalue weighted by Gasteiger charge is 2.38. The van der Waals surface area contributed by atoms with Gasteiger partial charge in [-0.25, -0.2) is 4.79 Å². The van der Waals surface area contributed by atoms with Crippen LogP contribution in [0.15, 0.2) is 70.5 Å². The van der Waals surface area contributed by atoms with Gasteiger partial charge in [-0.2, -0.15) is 26.3 Å². The smallest absolute Gasteiger partial charge is 0.475 e. The van der Waals surface area contributed by atoms with Gasteiger partial charge in [0.05, 0.1) is 22.6 Å². The quantitative estimate of drug-likeness (QED) is 0.137. The van der Waals surface area contributed by atoms with Crippen molar-refractivity contribution in [3.05, 3.63) is 66.2 Å². The van der Waals surface area contributed by atoms with Crippen molar-refractivity contribution < 1.29 is 36.2 Å². The predicted molar refractivity (Wildman–Crippen MR) is 146 cm³/mol. The van der Waals surface area contributed by atoms with Crippen LogP contribution in [-0.4, -0.2) is 41.4 Å². The van der Waals surface area contributed by atoms with Gasteiger partial charge in [-0.15, -0.1) is 0 Å². The van der Waals surface area contributed by atoms with Gasteiger partial charge in [0.2, 0.25) is 0 Å². The summed E-state index contributed by atoms with van der Waals surface area (Å²) in [4.78, 5) is 13.8. The number of carboxylic acid groups (broad SMARTS) is 1. The minimum Gasteiger partial charge on any atom is -0.475 e. The predicted octanol–water partition coefficient (Wildman–Crippen LogP) is 7.86. The van der Waals surface area contributed by atoms with Crippen LogP contribution in [0, 0.1) is 0 Å². The standard InChI is InChI=1S/C26H23F3N4S.C2HF3O2/c27-26(28,29)17-13-22(31-18-7-9-30-10-8-18)25-24(14-17)34-23-12-16(5-6-20(23)33-25)21-11-15-3-1-2-4-19(15)32-21;3-2(4,5)1(6)7/h1-6,11-14,18,30-33H,7-10H2;(H,6,7). The first-order valence-corrected chi connectivity index (χ1v) is 13.4. The molecule has 0 bridgehead atoms. The number of halogens is 6. The van der Waals surface area contributed by atoms with Crippen molar-refractivity contribution in [1.29, 1.82) is 0 Å². The molecule has 1 aromatic heterocycles. The number of hydrogen-bond acceptors (Lipinski definition) is 5. The van der Waals surface area contributed by atoms with Gasteiger partial charge < -0.3 is 26.0 Å². The zero-order valence-corrected chi connectivity index (χ0v) is 22.0. The van der Waals surface area contributed by atoms with Crippen LogP contribution in [0.2, 0.25) is 0 Å². The van der Waals surface area contributed by atoms with Gasteiger partial charge in [0.1, 0.15) is 0 Å².